The lowest BCUT2D eigenvalue weighted by Gasteiger charge is -2.10. The topological polar surface area (TPSA) is 50.4 Å². The van der Waals surface area contributed by atoms with Crippen LogP contribution in [0.2, 0.25) is 5.02 Å². The van der Waals surface area contributed by atoms with Crippen LogP contribution in [0.15, 0.2) is 48.5 Å². The fourth-order valence-corrected chi connectivity index (χ4v) is 1.98. The average Bonchev–Trinajstić information content (AvgIpc) is 2.51. The SMILES string of the molecule is CCC(=O)NC(=S)Nc1ccc(Oc2ccc(Cl)cc2)cc1. The highest BCUT2D eigenvalue weighted by Crippen LogP contribution is 2.24. The summed E-state index contributed by atoms with van der Waals surface area (Å²) in [7, 11) is 0. The molecule has 2 aromatic rings. The third kappa shape index (κ3) is 5.02. The largest absolute Gasteiger partial charge is 0.457 e. The molecule has 0 bridgehead atoms. The van der Waals surface area contributed by atoms with Gasteiger partial charge in [-0.05, 0) is 60.7 Å². The summed E-state index contributed by atoms with van der Waals surface area (Å²) in [5, 5.41) is 6.45. The van der Waals surface area contributed by atoms with Gasteiger partial charge in [0.05, 0.1) is 0 Å². The van der Waals surface area contributed by atoms with E-state index in [4.69, 9.17) is 28.6 Å². The van der Waals surface area contributed by atoms with E-state index in [0.29, 0.717) is 22.9 Å². The Hall–Kier alpha value is -2.11. The first kappa shape index (κ1) is 16.3. The zero-order valence-electron chi connectivity index (χ0n) is 11.9. The number of halogens is 1. The standard InChI is InChI=1S/C16H15ClN2O2S/c1-2-15(20)19-16(22)18-12-5-9-14(10-6-12)21-13-7-3-11(17)4-8-13/h3-10H,2H2,1H3,(H2,18,19,20,22). The zero-order valence-corrected chi connectivity index (χ0v) is 13.5. The summed E-state index contributed by atoms with van der Waals surface area (Å²) in [4.78, 5) is 11.2. The molecule has 0 fully saturated rings. The van der Waals surface area contributed by atoms with Crippen LogP contribution in [0.3, 0.4) is 0 Å². The summed E-state index contributed by atoms with van der Waals surface area (Å²) in [5.74, 6) is 1.27. The molecule has 0 aliphatic heterocycles. The number of carbonyl (C=O) groups is 1. The van der Waals surface area contributed by atoms with Crippen LogP contribution in [0.4, 0.5) is 5.69 Å². The Morgan fingerprint density at radius 2 is 1.64 bits per heavy atom. The monoisotopic (exact) mass is 334 g/mol. The van der Waals surface area contributed by atoms with E-state index in [9.17, 15) is 4.79 Å². The van der Waals surface area contributed by atoms with Gasteiger partial charge in [0.15, 0.2) is 5.11 Å². The second-order valence-corrected chi connectivity index (χ2v) is 5.28. The molecule has 0 heterocycles. The van der Waals surface area contributed by atoms with E-state index in [-0.39, 0.29) is 11.0 Å². The van der Waals surface area contributed by atoms with Crippen molar-refractivity contribution in [2.45, 2.75) is 13.3 Å². The molecule has 0 saturated heterocycles. The number of nitrogens with one attached hydrogen (secondary N) is 2. The molecular weight excluding hydrogens is 320 g/mol. The molecule has 0 aliphatic rings. The first-order valence-electron chi connectivity index (χ1n) is 6.71. The number of hydrogen-bond donors (Lipinski definition) is 2. The molecule has 2 rings (SSSR count). The third-order valence-corrected chi connectivity index (χ3v) is 3.19. The summed E-state index contributed by atoms with van der Waals surface area (Å²) >= 11 is 10.9. The van der Waals surface area contributed by atoms with Gasteiger partial charge >= 0.3 is 0 Å². The molecule has 0 spiro atoms. The highest BCUT2D eigenvalue weighted by molar-refractivity contribution is 7.80. The Balaban J connectivity index is 1.94. The lowest BCUT2D eigenvalue weighted by atomic mass is 10.3. The van der Waals surface area contributed by atoms with Crippen molar-refractivity contribution in [3.63, 3.8) is 0 Å². The maximum Gasteiger partial charge on any atom is 0.225 e. The fourth-order valence-electron chi connectivity index (χ4n) is 1.62. The molecule has 0 saturated carbocycles. The minimum absolute atomic E-state index is 0.125. The lowest BCUT2D eigenvalue weighted by molar-refractivity contribution is -0.119. The van der Waals surface area contributed by atoms with Crippen LogP contribution in [0.25, 0.3) is 0 Å². The summed E-state index contributed by atoms with van der Waals surface area (Å²) in [5.41, 5.74) is 0.768. The fraction of sp³-hybridized carbons (Fsp3) is 0.125. The molecule has 0 radical (unpaired) electrons. The molecule has 2 N–H and O–H groups in total. The molecule has 6 heteroatoms. The number of thiocarbonyl (C=S) groups is 1. The molecule has 0 aliphatic carbocycles. The number of hydrogen-bond acceptors (Lipinski definition) is 3. The van der Waals surface area contributed by atoms with Crippen molar-refractivity contribution in [2.75, 3.05) is 5.32 Å². The first-order valence-corrected chi connectivity index (χ1v) is 7.50. The van der Waals surface area contributed by atoms with Crippen LogP contribution in [0.1, 0.15) is 13.3 Å². The molecule has 1 amide bonds. The second kappa shape index (κ2) is 7.77. The van der Waals surface area contributed by atoms with Crippen LogP contribution in [-0.4, -0.2) is 11.0 Å². The van der Waals surface area contributed by atoms with Gasteiger partial charge in [-0.15, -0.1) is 0 Å². The average molecular weight is 335 g/mol. The van der Waals surface area contributed by atoms with E-state index in [1.165, 1.54) is 0 Å². The summed E-state index contributed by atoms with van der Waals surface area (Å²) < 4.78 is 5.69. The van der Waals surface area contributed by atoms with Gasteiger partial charge in [-0.3, -0.25) is 4.79 Å². The van der Waals surface area contributed by atoms with Crippen molar-refractivity contribution in [3.8, 4) is 11.5 Å². The maximum atomic E-state index is 11.2. The van der Waals surface area contributed by atoms with Crippen LogP contribution >= 0.6 is 23.8 Å². The van der Waals surface area contributed by atoms with Gasteiger partial charge in [0.25, 0.3) is 0 Å². The minimum atomic E-state index is -0.125. The van der Waals surface area contributed by atoms with E-state index in [1.54, 1.807) is 43.3 Å². The minimum Gasteiger partial charge on any atom is -0.457 e. The summed E-state index contributed by atoms with van der Waals surface area (Å²) in [6.07, 6.45) is 0.385. The Labute approximate surface area is 139 Å². The molecule has 4 nitrogen and oxygen atoms in total. The van der Waals surface area contributed by atoms with Gasteiger partial charge < -0.3 is 15.4 Å². The number of carbonyl (C=O) groups excluding carboxylic acids is 1. The Morgan fingerprint density at radius 3 is 2.18 bits per heavy atom. The predicted octanol–water partition coefficient (Wildman–Crippen LogP) is 4.36. The highest BCUT2D eigenvalue weighted by Gasteiger charge is 2.03. The van der Waals surface area contributed by atoms with Crippen LogP contribution < -0.4 is 15.4 Å². The first-order chi connectivity index (χ1) is 10.6. The maximum absolute atomic E-state index is 11.2. The zero-order chi connectivity index (χ0) is 15.9. The van der Waals surface area contributed by atoms with Crippen molar-refractivity contribution in [3.05, 3.63) is 53.6 Å². The molecule has 2 aromatic carbocycles. The van der Waals surface area contributed by atoms with Crippen LogP contribution in [-0.2, 0) is 4.79 Å². The molecule has 0 atom stereocenters. The quantitative estimate of drug-likeness (QED) is 0.816. The number of rotatable bonds is 4. The predicted molar refractivity (Wildman–Crippen MR) is 92.6 cm³/mol. The van der Waals surface area contributed by atoms with Gasteiger partial charge in [0, 0.05) is 17.1 Å². The molecule has 22 heavy (non-hydrogen) atoms. The van der Waals surface area contributed by atoms with E-state index < -0.39 is 0 Å². The number of ether oxygens (including phenoxy) is 1. The Kier molecular flexibility index (Phi) is 5.75. The van der Waals surface area contributed by atoms with Crippen LogP contribution in [0, 0.1) is 0 Å². The van der Waals surface area contributed by atoms with Crippen molar-refractivity contribution in [1.29, 1.82) is 0 Å². The summed E-state index contributed by atoms with van der Waals surface area (Å²) in [6, 6.07) is 14.4. The van der Waals surface area contributed by atoms with E-state index in [0.717, 1.165) is 5.69 Å². The molecular formula is C16H15ClN2O2S. The highest BCUT2D eigenvalue weighted by atomic mass is 35.5. The van der Waals surface area contributed by atoms with Gasteiger partial charge in [-0.25, -0.2) is 0 Å². The van der Waals surface area contributed by atoms with E-state index in [1.807, 2.05) is 12.1 Å². The van der Waals surface area contributed by atoms with E-state index in [2.05, 4.69) is 10.6 Å². The second-order valence-electron chi connectivity index (χ2n) is 4.44. The van der Waals surface area contributed by atoms with Gasteiger partial charge in [0.2, 0.25) is 5.91 Å². The van der Waals surface area contributed by atoms with Gasteiger partial charge in [-0.1, -0.05) is 18.5 Å². The number of anilines is 1. The smallest absolute Gasteiger partial charge is 0.225 e. The third-order valence-electron chi connectivity index (χ3n) is 2.74. The Bertz CT molecular complexity index is 657. The lowest BCUT2D eigenvalue weighted by Crippen LogP contribution is -2.33. The van der Waals surface area contributed by atoms with Crippen molar-refractivity contribution in [1.82, 2.24) is 5.32 Å². The van der Waals surface area contributed by atoms with Crippen molar-refractivity contribution < 1.29 is 9.53 Å². The Morgan fingerprint density at radius 1 is 1.09 bits per heavy atom. The normalized spacial score (nSPS) is 9.91. The van der Waals surface area contributed by atoms with Crippen molar-refractivity contribution >= 4 is 40.5 Å². The number of amides is 1. The van der Waals surface area contributed by atoms with Gasteiger partial charge in [0.1, 0.15) is 11.5 Å². The molecule has 0 unspecified atom stereocenters. The van der Waals surface area contributed by atoms with Crippen LogP contribution in [0.5, 0.6) is 11.5 Å². The number of benzene rings is 2. The molecule has 0 aromatic heterocycles. The van der Waals surface area contributed by atoms with E-state index >= 15 is 0 Å². The molecule has 114 valence electrons. The van der Waals surface area contributed by atoms with Gasteiger partial charge in [-0.2, -0.15) is 0 Å². The summed E-state index contributed by atoms with van der Waals surface area (Å²) in [6.45, 7) is 1.76. The van der Waals surface area contributed by atoms with Crippen molar-refractivity contribution in [2.24, 2.45) is 0 Å².